The Morgan fingerprint density at radius 1 is 1.00 bits per heavy atom. The maximum atomic E-state index is 12.6. The van der Waals surface area contributed by atoms with Gasteiger partial charge in [-0.25, -0.2) is 9.97 Å². The van der Waals surface area contributed by atoms with Crippen molar-refractivity contribution in [1.82, 2.24) is 15.3 Å². The first kappa shape index (κ1) is 19.7. The van der Waals surface area contributed by atoms with Crippen LogP contribution in [0.1, 0.15) is 18.4 Å². The van der Waals surface area contributed by atoms with E-state index in [0.29, 0.717) is 6.54 Å². The summed E-state index contributed by atoms with van der Waals surface area (Å²) < 4.78 is 0. The molecule has 1 saturated heterocycles. The lowest BCUT2D eigenvalue weighted by Gasteiger charge is -2.32. The largest absolute Gasteiger partial charge is 0.356 e. The van der Waals surface area contributed by atoms with Gasteiger partial charge >= 0.3 is 0 Å². The van der Waals surface area contributed by atoms with Crippen molar-refractivity contribution in [2.75, 3.05) is 18.0 Å². The maximum Gasteiger partial charge on any atom is 0.223 e. The number of hydrogen-bond acceptors (Lipinski definition) is 5. The lowest BCUT2D eigenvalue weighted by atomic mass is 9.95. The second-order valence-electron chi connectivity index (χ2n) is 7.86. The molecule has 1 aliphatic heterocycles. The quantitative estimate of drug-likeness (QED) is 0.492. The summed E-state index contributed by atoms with van der Waals surface area (Å²) in [5, 5.41) is 4.19. The Hall–Kier alpha value is -3.25. The lowest BCUT2D eigenvalue weighted by Crippen LogP contribution is -2.40. The summed E-state index contributed by atoms with van der Waals surface area (Å²) in [5.74, 6) is 1.18. The van der Waals surface area contributed by atoms with Crippen LogP contribution in [0.4, 0.5) is 5.82 Å². The summed E-state index contributed by atoms with van der Waals surface area (Å²) in [4.78, 5) is 26.2. The minimum atomic E-state index is 0.0552. The van der Waals surface area contributed by atoms with E-state index in [1.165, 1.54) is 10.4 Å². The summed E-state index contributed by atoms with van der Waals surface area (Å²) in [6, 6.07) is 22.6. The van der Waals surface area contributed by atoms with Gasteiger partial charge in [-0.3, -0.25) is 4.79 Å². The van der Waals surface area contributed by atoms with E-state index in [9.17, 15) is 4.79 Å². The average Bonchev–Trinajstić information content (AvgIpc) is 3.28. The molecule has 1 aliphatic rings. The van der Waals surface area contributed by atoms with Gasteiger partial charge in [-0.2, -0.15) is 0 Å². The fourth-order valence-corrected chi connectivity index (χ4v) is 5.12. The zero-order valence-electron chi connectivity index (χ0n) is 17.2. The molecule has 6 heteroatoms. The number of rotatable bonds is 5. The van der Waals surface area contributed by atoms with E-state index in [1.807, 2.05) is 36.4 Å². The van der Waals surface area contributed by atoms with Gasteiger partial charge in [0, 0.05) is 30.4 Å². The normalized spacial score (nSPS) is 14.6. The predicted octanol–water partition coefficient (Wildman–Crippen LogP) is 4.89. The van der Waals surface area contributed by atoms with Crippen LogP contribution >= 0.6 is 11.3 Å². The molecule has 0 aliphatic carbocycles. The monoisotopic (exact) mass is 428 g/mol. The molecule has 0 atom stereocenters. The number of thiophene rings is 1. The number of benzene rings is 2. The Labute approximate surface area is 185 Å². The molecule has 156 valence electrons. The van der Waals surface area contributed by atoms with E-state index >= 15 is 0 Å². The molecule has 0 radical (unpaired) electrons. The van der Waals surface area contributed by atoms with Crippen molar-refractivity contribution in [2.45, 2.75) is 19.4 Å². The number of aromatic nitrogens is 2. The first-order chi connectivity index (χ1) is 15.3. The Bertz CT molecular complexity index is 1170. The molecule has 5 nitrogen and oxygen atoms in total. The number of anilines is 1. The van der Waals surface area contributed by atoms with Gasteiger partial charge in [-0.05, 0) is 30.0 Å². The highest BCUT2D eigenvalue weighted by atomic mass is 32.1. The van der Waals surface area contributed by atoms with Gasteiger partial charge < -0.3 is 10.2 Å². The molecule has 0 spiro atoms. The minimum absolute atomic E-state index is 0.0552. The number of carbonyl (C=O) groups excluding carboxylic acids is 1. The summed E-state index contributed by atoms with van der Waals surface area (Å²) in [6.07, 6.45) is 3.32. The molecule has 1 fully saturated rings. The van der Waals surface area contributed by atoms with E-state index in [-0.39, 0.29) is 11.8 Å². The van der Waals surface area contributed by atoms with Gasteiger partial charge in [0.15, 0.2) is 0 Å². The van der Waals surface area contributed by atoms with E-state index in [0.717, 1.165) is 47.5 Å². The van der Waals surface area contributed by atoms with Crippen LogP contribution in [0.25, 0.3) is 20.7 Å². The summed E-state index contributed by atoms with van der Waals surface area (Å²) in [7, 11) is 0. The van der Waals surface area contributed by atoms with Crippen molar-refractivity contribution < 1.29 is 4.79 Å². The Morgan fingerprint density at radius 2 is 1.71 bits per heavy atom. The highest BCUT2D eigenvalue weighted by Crippen LogP contribution is 2.37. The first-order valence-electron chi connectivity index (χ1n) is 10.6. The molecule has 1 amide bonds. The summed E-state index contributed by atoms with van der Waals surface area (Å²) in [6.45, 7) is 2.24. The molecule has 4 aromatic rings. The predicted molar refractivity (Wildman–Crippen MR) is 126 cm³/mol. The van der Waals surface area contributed by atoms with Crippen molar-refractivity contribution in [3.8, 4) is 10.4 Å². The Kier molecular flexibility index (Phi) is 5.63. The smallest absolute Gasteiger partial charge is 0.223 e. The number of nitrogens with one attached hydrogen (secondary N) is 1. The van der Waals surface area contributed by atoms with Crippen molar-refractivity contribution in [1.29, 1.82) is 0 Å². The third-order valence-corrected chi connectivity index (χ3v) is 6.93. The Morgan fingerprint density at radius 3 is 2.45 bits per heavy atom. The van der Waals surface area contributed by atoms with Crippen LogP contribution in [-0.4, -0.2) is 29.0 Å². The fourth-order valence-electron chi connectivity index (χ4n) is 4.12. The van der Waals surface area contributed by atoms with Crippen LogP contribution in [0.2, 0.25) is 0 Å². The highest BCUT2D eigenvalue weighted by molar-refractivity contribution is 7.21. The zero-order valence-corrected chi connectivity index (χ0v) is 18.0. The average molecular weight is 429 g/mol. The molecule has 0 saturated carbocycles. The SMILES string of the molecule is O=C(NCc1ccccc1)C1CCN(c2ncnc3sc(-c4ccccc4)cc23)CC1. The van der Waals surface area contributed by atoms with Gasteiger partial charge in [0.1, 0.15) is 17.0 Å². The van der Waals surface area contributed by atoms with Crippen molar-refractivity contribution in [3.05, 3.63) is 78.6 Å². The number of hydrogen-bond donors (Lipinski definition) is 1. The van der Waals surface area contributed by atoms with Crippen LogP contribution < -0.4 is 10.2 Å². The first-order valence-corrected chi connectivity index (χ1v) is 11.5. The maximum absolute atomic E-state index is 12.6. The second kappa shape index (κ2) is 8.86. The molecule has 31 heavy (non-hydrogen) atoms. The molecule has 0 unspecified atom stereocenters. The van der Waals surface area contributed by atoms with Gasteiger partial charge in [0.2, 0.25) is 5.91 Å². The van der Waals surface area contributed by atoms with E-state index in [2.05, 4.69) is 50.5 Å². The third kappa shape index (κ3) is 4.30. The zero-order chi connectivity index (χ0) is 21.0. The van der Waals surface area contributed by atoms with Crippen molar-refractivity contribution in [2.24, 2.45) is 5.92 Å². The minimum Gasteiger partial charge on any atom is -0.356 e. The Balaban J connectivity index is 1.26. The molecular formula is C25H24N4OS. The summed E-state index contributed by atoms with van der Waals surface area (Å²) in [5.41, 5.74) is 2.33. The van der Waals surface area contributed by atoms with Gasteiger partial charge in [-0.1, -0.05) is 60.7 Å². The van der Waals surface area contributed by atoms with Crippen LogP contribution in [0.5, 0.6) is 0 Å². The van der Waals surface area contributed by atoms with Gasteiger partial charge in [-0.15, -0.1) is 11.3 Å². The number of amides is 1. The number of fused-ring (bicyclic) bond motifs is 1. The van der Waals surface area contributed by atoms with Gasteiger partial charge in [0.05, 0.1) is 5.39 Å². The van der Waals surface area contributed by atoms with E-state index in [4.69, 9.17) is 0 Å². The van der Waals surface area contributed by atoms with Crippen LogP contribution in [0, 0.1) is 5.92 Å². The lowest BCUT2D eigenvalue weighted by molar-refractivity contribution is -0.125. The molecule has 2 aromatic carbocycles. The number of nitrogens with zero attached hydrogens (tertiary/aromatic N) is 3. The molecule has 0 bridgehead atoms. The highest BCUT2D eigenvalue weighted by Gasteiger charge is 2.26. The second-order valence-corrected chi connectivity index (χ2v) is 8.89. The fraction of sp³-hybridized carbons (Fsp3) is 0.240. The van der Waals surface area contributed by atoms with Gasteiger partial charge in [0.25, 0.3) is 0 Å². The standard InChI is InChI=1S/C25H24N4OS/c30-24(26-16-18-7-3-1-4-8-18)20-11-13-29(14-12-20)23-21-15-22(19-9-5-2-6-10-19)31-25(21)28-17-27-23/h1-10,15,17,20H,11-14,16H2,(H,26,30). The molecular weight excluding hydrogens is 404 g/mol. The molecule has 2 aromatic heterocycles. The third-order valence-electron chi connectivity index (χ3n) is 5.84. The number of carbonyl (C=O) groups is 1. The summed E-state index contributed by atoms with van der Waals surface area (Å²) >= 11 is 1.70. The van der Waals surface area contributed by atoms with Crippen LogP contribution in [0.3, 0.4) is 0 Å². The van der Waals surface area contributed by atoms with Crippen LogP contribution in [0.15, 0.2) is 73.1 Å². The van der Waals surface area contributed by atoms with Crippen molar-refractivity contribution in [3.63, 3.8) is 0 Å². The topological polar surface area (TPSA) is 58.1 Å². The van der Waals surface area contributed by atoms with E-state index < -0.39 is 0 Å². The molecule has 5 rings (SSSR count). The molecule has 3 heterocycles. The van der Waals surface area contributed by atoms with Crippen molar-refractivity contribution >= 4 is 33.3 Å². The number of piperidine rings is 1. The van der Waals surface area contributed by atoms with E-state index in [1.54, 1.807) is 17.7 Å². The van der Waals surface area contributed by atoms with Crippen LogP contribution in [-0.2, 0) is 11.3 Å². The molecule has 1 N–H and O–H groups in total.